The van der Waals surface area contributed by atoms with Crippen molar-refractivity contribution in [2.45, 2.75) is 12.8 Å². The number of rotatable bonds is 4. The van der Waals surface area contributed by atoms with Gasteiger partial charge in [-0.15, -0.1) is 0 Å². The second-order valence-electron chi connectivity index (χ2n) is 5.15. The summed E-state index contributed by atoms with van der Waals surface area (Å²) in [5.41, 5.74) is 0.493. The van der Waals surface area contributed by atoms with Crippen LogP contribution >= 0.6 is 0 Å². The van der Waals surface area contributed by atoms with Gasteiger partial charge in [0.05, 0.1) is 19.8 Å². The Balaban J connectivity index is 2.80. The molecule has 1 aliphatic heterocycles. The highest BCUT2D eigenvalue weighted by atomic mass is 16.5. The number of nitrogens with zero attached hydrogens (tertiary/aromatic N) is 2. The van der Waals surface area contributed by atoms with Crippen molar-refractivity contribution in [2.75, 3.05) is 14.2 Å². The van der Waals surface area contributed by atoms with E-state index < -0.39 is 23.8 Å². The quantitative estimate of drug-likeness (QED) is 0.846. The molecule has 2 rings (SSSR count). The molecule has 1 aliphatic rings. The van der Waals surface area contributed by atoms with Gasteiger partial charge in [-0.2, -0.15) is 5.26 Å². The molecule has 7 nitrogen and oxygen atoms in total. The molecule has 0 spiro atoms. The molecule has 1 aromatic carbocycles. The van der Waals surface area contributed by atoms with Crippen LogP contribution in [0.3, 0.4) is 0 Å². The maximum absolute atomic E-state index is 12.3. The topological polar surface area (TPSA) is 109 Å². The lowest BCUT2D eigenvalue weighted by molar-refractivity contribution is -0.140. The number of ether oxygens (including phenoxy) is 2. The Bertz CT molecular complexity index is 788. The largest absolute Gasteiger partial charge is 0.496 e. The number of allylic oxidation sites excluding steroid dienone is 1. The highest BCUT2D eigenvalue weighted by Crippen LogP contribution is 2.42. The lowest BCUT2D eigenvalue weighted by Crippen LogP contribution is -2.35. The smallest absolute Gasteiger partial charge is 0.337 e. The fraction of sp³-hybridized carbons (Fsp3) is 0.294. The normalized spacial score (nSPS) is 20.0. The molecule has 0 amide bonds. The minimum atomic E-state index is -1.15. The van der Waals surface area contributed by atoms with Gasteiger partial charge in [0.2, 0.25) is 0 Å². The van der Waals surface area contributed by atoms with Gasteiger partial charge in [0.15, 0.2) is 5.70 Å². The number of carbonyl (C=O) groups is 2. The number of methoxy groups -OCH3 is 2. The maximum atomic E-state index is 12.3. The molecule has 0 bridgehead atoms. The van der Waals surface area contributed by atoms with Crippen molar-refractivity contribution >= 4 is 17.7 Å². The van der Waals surface area contributed by atoms with Gasteiger partial charge in [-0.05, 0) is 13.0 Å². The summed E-state index contributed by atoms with van der Waals surface area (Å²) in [6.45, 7) is 1.52. The van der Waals surface area contributed by atoms with Crippen LogP contribution in [-0.4, -0.2) is 37.0 Å². The number of carbonyl (C=O) groups excluding carboxylic acids is 1. The molecule has 2 unspecified atom stereocenters. The van der Waals surface area contributed by atoms with E-state index in [0.717, 1.165) is 0 Å². The number of carboxylic acid groups (broad SMARTS) is 1. The Morgan fingerprint density at radius 1 is 1.29 bits per heavy atom. The van der Waals surface area contributed by atoms with Crippen LogP contribution in [0.25, 0.3) is 0 Å². The van der Waals surface area contributed by atoms with E-state index in [9.17, 15) is 20.0 Å². The van der Waals surface area contributed by atoms with E-state index in [1.807, 2.05) is 6.07 Å². The maximum Gasteiger partial charge on any atom is 0.337 e. The van der Waals surface area contributed by atoms with E-state index >= 15 is 0 Å². The number of benzene rings is 1. The summed E-state index contributed by atoms with van der Waals surface area (Å²) >= 11 is 0. The summed E-state index contributed by atoms with van der Waals surface area (Å²) in [4.78, 5) is 28.1. The Morgan fingerprint density at radius 3 is 2.50 bits per heavy atom. The number of nitriles is 1. The predicted molar refractivity (Wildman–Crippen MR) is 84.6 cm³/mol. The van der Waals surface area contributed by atoms with Crippen LogP contribution in [0.15, 0.2) is 40.5 Å². The number of hydrogen-bond acceptors (Lipinski definition) is 6. The average Bonchev–Trinajstić information content (AvgIpc) is 2.59. The zero-order valence-corrected chi connectivity index (χ0v) is 13.4. The zero-order chi connectivity index (χ0) is 17.9. The standard InChI is InChI=1S/C17H16N2O5/c1-9-13(16(20)21)14(10-6-4-5-7-12(10)23-2)15(17(22)24-3)11(8-18)19-9/h4-7,13-14H,1-3H3,(H,20,21). The van der Waals surface area contributed by atoms with Crippen molar-refractivity contribution < 1.29 is 24.2 Å². The Hall–Kier alpha value is -3.14. The highest BCUT2D eigenvalue weighted by molar-refractivity contribution is 6.07. The van der Waals surface area contributed by atoms with Gasteiger partial charge in [0.1, 0.15) is 17.7 Å². The van der Waals surface area contributed by atoms with E-state index in [1.54, 1.807) is 24.3 Å². The number of aliphatic carboxylic acids is 1. The molecule has 0 aromatic heterocycles. The van der Waals surface area contributed by atoms with Crippen molar-refractivity contribution in [3.8, 4) is 11.8 Å². The lowest BCUT2D eigenvalue weighted by Gasteiger charge is -2.30. The van der Waals surface area contributed by atoms with Gasteiger partial charge in [-0.3, -0.25) is 4.79 Å². The molecule has 24 heavy (non-hydrogen) atoms. The Kier molecular flexibility index (Phi) is 4.99. The van der Waals surface area contributed by atoms with Crippen molar-refractivity contribution in [1.29, 1.82) is 5.26 Å². The monoisotopic (exact) mass is 328 g/mol. The molecule has 0 aliphatic carbocycles. The fourth-order valence-corrected chi connectivity index (χ4v) is 2.86. The number of carboxylic acids is 1. The second-order valence-corrected chi connectivity index (χ2v) is 5.15. The van der Waals surface area contributed by atoms with E-state index in [1.165, 1.54) is 21.1 Å². The molecule has 7 heteroatoms. The first-order valence-electron chi connectivity index (χ1n) is 7.09. The van der Waals surface area contributed by atoms with E-state index in [0.29, 0.717) is 11.3 Å². The van der Waals surface area contributed by atoms with Gasteiger partial charge < -0.3 is 14.6 Å². The molecule has 2 atom stereocenters. The van der Waals surface area contributed by atoms with E-state index in [2.05, 4.69) is 4.99 Å². The first-order chi connectivity index (χ1) is 11.5. The molecule has 1 N–H and O–H groups in total. The van der Waals surface area contributed by atoms with Crippen LogP contribution in [-0.2, 0) is 14.3 Å². The average molecular weight is 328 g/mol. The Labute approximate surface area is 138 Å². The fourth-order valence-electron chi connectivity index (χ4n) is 2.86. The van der Waals surface area contributed by atoms with Gasteiger partial charge >= 0.3 is 11.9 Å². The van der Waals surface area contributed by atoms with Crippen LogP contribution in [0.5, 0.6) is 5.75 Å². The van der Waals surface area contributed by atoms with Crippen molar-refractivity contribution in [2.24, 2.45) is 10.9 Å². The molecule has 0 saturated carbocycles. The minimum Gasteiger partial charge on any atom is -0.496 e. The molecular weight excluding hydrogens is 312 g/mol. The highest BCUT2D eigenvalue weighted by Gasteiger charge is 2.43. The van der Waals surface area contributed by atoms with E-state index in [-0.39, 0.29) is 17.0 Å². The first-order valence-corrected chi connectivity index (χ1v) is 7.09. The first kappa shape index (κ1) is 17.2. The summed E-state index contributed by atoms with van der Waals surface area (Å²) in [6, 6.07) is 8.62. The summed E-state index contributed by atoms with van der Waals surface area (Å²) < 4.78 is 10.1. The summed E-state index contributed by atoms with van der Waals surface area (Å²) in [6.07, 6.45) is 0. The second kappa shape index (κ2) is 6.96. The third-order valence-corrected chi connectivity index (χ3v) is 3.89. The zero-order valence-electron chi connectivity index (χ0n) is 13.4. The number of para-hydroxylation sites is 1. The molecule has 124 valence electrons. The van der Waals surface area contributed by atoms with Crippen LogP contribution in [0.4, 0.5) is 0 Å². The third-order valence-electron chi connectivity index (χ3n) is 3.89. The molecule has 0 saturated heterocycles. The van der Waals surface area contributed by atoms with Gasteiger partial charge in [0, 0.05) is 17.2 Å². The van der Waals surface area contributed by atoms with Crippen LogP contribution in [0.1, 0.15) is 18.4 Å². The van der Waals surface area contributed by atoms with Gasteiger partial charge in [-0.25, -0.2) is 9.79 Å². The Morgan fingerprint density at radius 2 is 1.96 bits per heavy atom. The molecule has 0 fully saturated rings. The van der Waals surface area contributed by atoms with Crippen LogP contribution in [0.2, 0.25) is 0 Å². The van der Waals surface area contributed by atoms with Gasteiger partial charge in [-0.1, -0.05) is 18.2 Å². The van der Waals surface area contributed by atoms with Gasteiger partial charge in [0.25, 0.3) is 0 Å². The molecular formula is C17H16N2O5. The number of aliphatic imine (C=N–C) groups is 1. The minimum absolute atomic E-state index is 0.0810. The van der Waals surface area contributed by atoms with Crippen LogP contribution < -0.4 is 4.74 Å². The third kappa shape index (κ3) is 2.86. The van der Waals surface area contributed by atoms with E-state index in [4.69, 9.17) is 9.47 Å². The SMILES string of the molecule is COC(=O)C1=C(C#N)N=C(C)C(C(=O)O)C1c1ccccc1OC. The van der Waals surface area contributed by atoms with Crippen molar-refractivity contribution in [1.82, 2.24) is 0 Å². The number of esters is 1. The summed E-state index contributed by atoms with van der Waals surface area (Å²) in [5, 5.41) is 19.0. The summed E-state index contributed by atoms with van der Waals surface area (Å²) in [5.74, 6) is -3.55. The molecule has 0 radical (unpaired) electrons. The molecule has 1 aromatic rings. The molecule has 1 heterocycles. The summed E-state index contributed by atoms with van der Waals surface area (Å²) in [7, 11) is 2.62. The predicted octanol–water partition coefficient (Wildman–Crippen LogP) is 1.90. The number of hydrogen-bond donors (Lipinski definition) is 1. The van der Waals surface area contributed by atoms with Crippen molar-refractivity contribution in [3.05, 3.63) is 41.1 Å². The van der Waals surface area contributed by atoms with Crippen LogP contribution in [0, 0.1) is 17.2 Å². The van der Waals surface area contributed by atoms with Crippen molar-refractivity contribution in [3.63, 3.8) is 0 Å². The lowest BCUT2D eigenvalue weighted by atomic mass is 9.75.